The van der Waals surface area contributed by atoms with Gasteiger partial charge in [0.2, 0.25) is 0 Å². The molecule has 1 spiro atoms. The van der Waals surface area contributed by atoms with E-state index in [1.165, 1.54) is 4.90 Å². The first-order chi connectivity index (χ1) is 11.1. The zero-order valence-electron chi connectivity index (χ0n) is 13.0. The lowest BCUT2D eigenvalue weighted by Gasteiger charge is -2.43. The monoisotopic (exact) mass is 369 g/mol. The third kappa shape index (κ3) is 2.59. The average molecular weight is 370 g/mol. The normalized spacial score (nSPS) is 34.9. The lowest BCUT2D eigenvalue weighted by Crippen LogP contribution is -2.46. The molecular formula is C17H20ClNO2S2. The summed E-state index contributed by atoms with van der Waals surface area (Å²) in [5.41, 5.74) is 2.44. The summed E-state index contributed by atoms with van der Waals surface area (Å²) >= 11 is 10.5. The molecule has 2 heterocycles. The van der Waals surface area contributed by atoms with Crippen LogP contribution in [0.5, 0.6) is 0 Å². The number of nitrogens with zero attached hydrogens (tertiary/aromatic N) is 1. The van der Waals surface area contributed by atoms with Crippen molar-refractivity contribution in [1.29, 1.82) is 0 Å². The molecule has 23 heavy (non-hydrogen) atoms. The van der Waals surface area contributed by atoms with E-state index in [9.17, 15) is 9.59 Å². The van der Waals surface area contributed by atoms with Gasteiger partial charge in [0.15, 0.2) is 0 Å². The molecule has 0 saturated carbocycles. The minimum atomic E-state index is -0.0624. The highest BCUT2D eigenvalue weighted by Gasteiger charge is 2.47. The lowest BCUT2D eigenvalue weighted by atomic mass is 9.91. The molecule has 2 aliphatic carbocycles. The van der Waals surface area contributed by atoms with Gasteiger partial charge in [-0.2, -0.15) is 23.5 Å². The van der Waals surface area contributed by atoms with Crippen LogP contribution in [0.1, 0.15) is 38.5 Å². The molecule has 2 amide bonds. The van der Waals surface area contributed by atoms with Crippen LogP contribution >= 0.6 is 35.1 Å². The number of carbonyl (C=O) groups excluding carboxylic acids is 2. The number of rotatable bonds is 1. The highest BCUT2D eigenvalue weighted by atomic mass is 35.5. The predicted molar refractivity (Wildman–Crippen MR) is 96.8 cm³/mol. The molecule has 0 radical (unpaired) electrons. The fourth-order valence-electron chi connectivity index (χ4n) is 3.99. The molecule has 1 saturated heterocycles. The molecular weight excluding hydrogens is 350 g/mol. The van der Waals surface area contributed by atoms with Crippen molar-refractivity contribution in [3.63, 3.8) is 0 Å². The molecule has 4 rings (SSSR count). The molecule has 3 nitrogen and oxygen atoms in total. The van der Waals surface area contributed by atoms with Gasteiger partial charge in [0.05, 0.1) is 5.38 Å². The van der Waals surface area contributed by atoms with Crippen LogP contribution in [-0.4, -0.2) is 44.1 Å². The first-order valence-electron chi connectivity index (χ1n) is 8.28. The van der Waals surface area contributed by atoms with Crippen molar-refractivity contribution in [1.82, 2.24) is 4.90 Å². The number of thioether (sulfide) groups is 2. The molecule has 0 aromatic carbocycles. The van der Waals surface area contributed by atoms with E-state index in [4.69, 9.17) is 11.6 Å². The van der Waals surface area contributed by atoms with Crippen LogP contribution in [0.15, 0.2) is 22.9 Å². The summed E-state index contributed by atoms with van der Waals surface area (Å²) in [5, 5.41) is 0.0828. The van der Waals surface area contributed by atoms with Crippen LogP contribution in [0.4, 0.5) is 0 Å². The second-order valence-corrected chi connectivity index (χ2v) is 9.79. The highest BCUT2D eigenvalue weighted by molar-refractivity contribution is 8.07. The topological polar surface area (TPSA) is 37.4 Å². The summed E-state index contributed by atoms with van der Waals surface area (Å²) in [6, 6.07) is 0. The smallest absolute Gasteiger partial charge is 0.261 e. The SMILES string of the molecule is O=C1C2=C(CCCC2)C(=O)N1C1=CCC(Cl)C2(CSCCS2)C1. The number of carbonyl (C=O) groups is 2. The van der Waals surface area contributed by atoms with Crippen molar-refractivity contribution in [2.24, 2.45) is 0 Å². The van der Waals surface area contributed by atoms with Gasteiger partial charge in [-0.05, 0) is 32.1 Å². The van der Waals surface area contributed by atoms with Crippen molar-refractivity contribution in [3.05, 3.63) is 22.9 Å². The fraction of sp³-hybridized carbons (Fsp3) is 0.647. The van der Waals surface area contributed by atoms with Crippen LogP contribution in [0.25, 0.3) is 0 Å². The summed E-state index contributed by atoms with van der Waals surface area (Å²) < 4.78 is -0.0296. The Morgan fingerprint density at radius 2 is 1.83 bits per heavy atom. The Bertz CT molecular complexity index is 594. The van der Waals surface area contributed by atoms with E-state index in [0.29, 0.717) is 0 Å². The van der Waals surface area contributed by atoms with Gasteiger partial charge in [0.25, 0.3) is 11.8 Å². The van der Waals surface area contributed by atoms with E-state index in [-0.39, 0.29) is 21.9 Å². The Morgan fingerprint density at radius 3 is 2.43 bits per heavy atom. The molecule has 0 aromatic heterocycles. The lowest BCUT2D eigenvalue weighted by molar-refractivity contribution is -0.135. The Hall–Kier alpha value is -0.390. The van der Waals surface area contributed by atoms with Gasteiger partial charge >= 0.3 is 0 Å². The molecule has 124 valence electrons. The van der Waals surface area contributed by atoms with Gasteiger partial charge in [0, 0.05) is 45.3 Å². The first-order valence-corrected chi connectivity index (χ1v) is 10.9. The van der Waals surface area contributed by atoms with Crippen LogP contribution < -0.4 is 0 Å². The van der Waals surface area contributed by atoms with Gasteiger partial charge in [-0.15, -0.1) is 11.6 Å². The molecule has 2 aliphatic heterocycles. The first kappa shape index (κ1) is 16.1. The molecule has 1 fully saturated rings. The van der Waals surface area contributed by atoms with E-state index in [1.807, 2.05) is 29.6 Å². The largest absolute Gasteiger partial charge is 0.269 e. The highest BCUT2D eigenvalue weighted by Crippen LogP contribution is 2.49. The number of imide groups is 1. The third-order valence-electron chi connectivity index (χ3n) is 5.25. The molecule has 2 unspecified atom stereocenters. The molecule has 6 heteroatoms. The van der Waals surface area contributed by atoms with Gasteiger partial charge in [-0.1, -0.05) is 6.08 Å². The Balaban J connectivity index is 1.61. The summed E-state index contributed by atoms with van der Waals surface area (Å²) in [6.07, 6.45) is 7.06. The molecule has 4 aliphatic rings. The zero-order chi connectivity index (χ0) is 16.0. The Kier molecular flexibility index (Phi) is 4.31. The number of amides is 2. The zero-order valence-corrected chi connectivity index (χ0v) is 15.4. The second-order valence-electron chi connectivity index (χ2n) is 6.65. The van der Waals surface area contributed by atoms with Crippen LogP contribution in [0.3, 0.4) is 0 Å². The second kappa shape index (κ2) is 6.16. The molecule has 0 bridgehead atoms. The van der Waals surface area contributed by atoms with Gasteiger partial charge < -0.3 is 0 Å². The van der Waals surface area contributed by atoms with Crippen molar-refractivity contribution >= 4 is 46.9 Å². The van der Waals surface area contributed by atoms with Crippen molar-refractivity contribution in [2.45, 2.75) is 48.6 Å². The maximum atomic E-state index is 12.8. The quantitative estimate of drug-likeness (QED) is 0.521. The van der Waals surface area contributed by atoms with E-state index < -0.39 is 0 Å². The summed E-state index contributed by atoms with van der Waals surface area (Å²) in [5.74, 6) is 3.14. The van der Waals surface area contributed by atoms with Crippen LogP contribution in [0.2, 0.25) is 0 Å². The van der Waals surface area contributed by atoms with Gasteiger partial charge in [-0.3, -0.25) is 9.59 Å². The minimum Gasteiger partial charge on any atom is -0.269 e. The fourth-order valence-corrected chi connectivity index (χ4v) is 7.63. The third-order valence-corrected chi connectivity index (χ3v) is 9.19. The average Bonchev–Trinajstić information content (AvgIpc) is 2.83. The van der Waals surface area contributed by atoms with Gasteiger partial charge in [0.1, 0.15) is 0 Å². The van der Waals surface area contributed by atoms with E-state index in [2.05, 4.69) is 0 Å². The number of hydrogen-bond acceptors (Lipinski definition) is 4. The Labute approximate surface area is 150 Å². The summed E-state index contributed by atoms with van der Waals surface area (Å²) in [6.45, 7) is 0. The maximum absolute atomic E-state index is 12.8. The number of alkyl halides is 1. The van der Waals surface area contributed by atoms with Crippen LogP contribution in [0, 0.1) is 0 Å². The number of allylic oxidation sites excluding steroid dienone is 2. The van der Waals surface area contributed by atoms with Crippen molar-refractivity contribution in [3.8, 4) is 0 Å². The maximum Gasteiger partial charge on any atom is 0.261 e. The van der Waals surface area contributed by atoms with Crippen molar-refractivity contribution < 1.29 is 9.59 Å². The molecule has 2 atom stereocenters. The molecule has 0 aromatic rings. The summed E-state index contributed by atoms with van der Waals surface area (Å²) in [7, 11) is 0. The number of hydrogen-bond donors (Lipinski definition) is 0. The number of halogens is 1. The predicted octanol–water partition coefficient (Wildman–Crippen LogP) is 3.73. The van der Waals surface area contributed by atoms with E-state index in [0.717, 1.165) is 72.6 Å². The molecule has 0 N–H and O–H groups in total. The van der Waals surface area contributed by atoms with Gasteiger partial charge in [-0.25, -0.2) is 4.90 Å². The van der Waals surface area contributed by atoms with Crippen molar-refractivity contribution in [2.75, 3.05) is 17.3 Å². The van der Waals surface area contributed by atoms with E-state index in [1.54, 1.807) is 0 Å². The Morgan fingerprint density at radius 1 is 1.13 bits per heavy atom. The summed E-state index contributed by atoms with van der Waals surface area (Å²) in [4.78, 5) is 27.0. The van der Waals surface area contributed by atoms with E-state index >= 15 is 0 Å². The minimum absolute atomic E-state index is 0.0296. The van der Waals surface area contributed by atoms with Crippen LogP contribution in [-0.2, 0) is 9.59 Å². The standard InChI is InChI=1S/C17H20ClNO2S2/c18-14-6-5-11(9-17(14)10-22-7-8-23-17)19-15(20)12-3-1-2-4-13(12)16(19)21/h5,14H,1-4,6-10H2.